The van der Waals surface area contributed by atoms with Crippen molar-refractivity contribution in [3.05, 3.63) is 51.2 Å². The second-order valence-electron chi connectivity index (χ2n) is 6.40. The summed E-state index contributed by atoms with van der Waals surface area (Å²) in [5.41, 5.74) is 0.950. The number of rotatable bonds is 7. The van der Waals surface area contributed by atoms with Gasteiger partial charge in [-0.15, -0.1) is 23.7 Å². The predicted molar refractivity (Wildman–Crippen MR) is 113 cm³/mol. The molecule has 1 aliphatic heterocycles. The fourth-order valence-corrected chi connectivity index (χ4v) is 3.82. The molecule has 1 unspecified atom stereocenters. The number of amides is 2. The Morgan fingerprint density at radius 1 is 1.30 bits per heavy atom. The number of carbonyl (C=O) groups is 2. The van der Waals surface area contributed by atoms with Crippen molar-refractivity contribution in [2.24, 2.45) is 5.92 Å². The van der Waals surface area contributed by atoms with Gasteiger partial charge in [-0.05, 0) is 61.5 Å². The van der Waals surface area contributed by atoms with Crippen molar-refractivity contribution < 1.29 is 9.59 Å². The monoisotopic (exact) mass is 427 g/mol. The molecule has 1 fully saturated rings. The highest BCUT2D eigenvalue weighted by Gasteiger charge is 2.16. The summed E-state index contributed by atoms with van der Waals surface area (Å²) in [5.74, 6) is 0.283. The summed E-state index contributed by atoms with van der Waals surface area (Å²) in [6, 6.07) is 8.88. The number of benzene rings is 1. The summed E-state index contributed by atoms with van der Waals surface area (Å²) in [6.45, 7) is 2.48. The molecule has 0 spiro atoms. The Morgan fingerprint density at radius 2 is 2.15 bits per heavy atom. The van der Waals surface area contributed by atoms with Gasteiger partial charge in [0, 0.05) is 17.0 Å². The largest absolute Gasteiger partial charge is 0.347 e. The standard InChI is InChI=1S/C19H22ClN3O2S.ClH/c20-17-5-4-14(23-18(24)6-3-13-7-8-21-11-13)10-16(17)19(25)22-12-15-2-1-9-26-15;/h1-2,4-5,9-10,13,21H,3,6-8,11-12H2,(H,22,25)(H,23,24);1H. The van der Waals surface area contributed by atoms with E-state index in [0.717, 1.165) is 30.8 Å². The lowest BCUT2D eigenvalue weighted by molar-refractivity contribution is -0.116. The summed E-state index contributed by atoms with van der Waals surface area (Å²) >= 11 is 7.74. The SMILES string of the molecule is Cl.O=C(CCC1CCNC1)Nc1ccc(Cl)c(C(=O)NCc2cccs2)c1. The van der Waals surface area contributed by atoms with Crippen LogP contribution in [0.1, 0.15) is 34.5 Å². The van der Waals surface area contributed by atoms with Crippen LogP contribution in [0.15, 0.2) is 35.7 Å². The van der Waals surface area contributed by atoms with Crippen LogP contribution < -0.4 is 16.0 Å². The molecular formula is C19H23Cl2N3O2S. The highest BCUT2D eigenvalue weighted by atomic mass is 35.5. The van der Waals surface area contributed by atoms with Crippen molar-refractivity contribution in [2.45, 2.75) is 25.8 Å². The van der Waals surface area contributed by atoms with Crippen LogP contribution in [-0.4, -0.2) is 24.9 Å². The molecule has 1 aliphatic rings. The van der Waals surface area contributed by atoms with Crippen LogP contribution in [0, 0.1) is 5.92 Å². The number of halogens is 2. The lowest BCUT2D eigenvalue weighted by atomic mass is 10.0. The molecule has 27 heavy (non-hydrogen) atoms. The second-order valence-corrected chi connectivity index (χ2v) is 7.84. The summed E-state index contributed by atoms with van der Waals surface area (Å²) in [5, 5.41) is 11.3. The Balaban J connectivity index is 0.00000261. The number of hydrogen-bond donors (Lipinski definition) is 3. The molecule has 1 aromatic carbocycles. The van der Waals surface area contributed by atoms with Crippen LogP contribution in [0.2, 0.25) is 5.02 Å². The first-order valence-corrected chi connectivity index (χ1v) is 9.98. The molecule has 146 valence electrons. The number of nitrogens with one attached hydrogen (secondary N) is 3. The van der Waals surface area contributed by atoms with E-state index in [9.17, 15) is 9.59 Å². The van der Waals surface area contributed by atoms with Gasteiger partial charge in [-0.2, -0.15) is 0 Å². The van der Waals surface area contributed by atoms with Gasteiger partial charge in [0.15, 0.2) is 0 Å². The van der Waals surface area contributed by atoms with Gasteiger partial charge in [-0.25, -0.2) is 0 Å². The molecule has 1 atom stereocenters. The van der Waals surface area contributed by atoms with Crippen molar-refractivity contribution >= 4 is 52.8 Å². The Bertz CT molecular complexity index is 762. The summed E-state index contributed by atoms with van der Waals surface area (Å²) in [4.78, 5) is 25.6. The lowest BCUT2D eigenvalue weighted by Gasteiger charge is -2.11. The Hall–Kier alpha value is -1.60. The fraction of sp³-hybridized carbons (Fsp3) is 0.368. The first-order valence-electron chi connectivity index (χ1n) is 8.72. The molecule has 5 nitrogen and oxygen atoms in total. The van der Waals surface area contributed by atoms with Gasteiger partial charge in [-0.1, -0.05) is 17.7 Å². The molecule has 2 aromatic rings. The number of anilines is 1. The zero-order chi connectivity index (χ0) is 18.4. The van der Waals surface area contributed by atoms with E-state index in [4.69, 9.17) is 11.6 Å². The first-order chi connectivity index (χ1) is 12.6. The maximum absolute atomic E-state index is 12.4. The van der Waals surface area contributed by atoms with E-state index in [1.807, 2.05) is 17.5 Å². The first kappa shape index (κ1) is 21.7. The highest BCUT2D eigenvalue weighted by Crippen LogP contribution is 2.22. The molecule has 0 aliphatic carbocycles. The summed E-state index contributed by atoms with van der Waals surface area (Å²) in [7, 11) is 0. The van der Waals surface area contributed by atoms with Gasteiger partial charge in [0.25, 0.3) is 5.91 Å². The Labute approximate surface area is 174 Å². The van der Waals surface area contributed by atoms with Gasteiger partial charge in [0.2, 0.25) is 5.91 Å². The molecule has 1 aromatic heterocycles. The Morgan fingerprint density at radius 3 is 2.85 bits per heavy atom. The van der Waals surface area contributed by atoms with Crippen molar-refractivity contribution in [3.8, 4) is 0 Å². The average Bonchev–Trinajstić information content (AvgIpc) is 3.33. The third-order valence-corrected chi connectivity index (χ3v) is 5.65. The molecule has 2 amide bonds. The van der Waals surface area contributed by atoms with Crippen molar-refractivity contribution in [3.63, 3.8) is 0 Å². The minimum Gasteiger partial charge on any atom is -0.347 e. The van der Waals surface area contributed by atoms with Crippen molar-refractivity contribution in [2.75, 3.05) is 18.4 Å². The topological polar surface area (TPSA) is 70.2 Å². The average molecular weight is 428 g/mol. The molecule has 3 rings (SSSR count). The maximum atomic E-state index is 12.4. The van der Waals surface area contributed by atoms with Gasteiger partial charge in [0.1, 0.15) is 0 Å². The van der Waals surface area contributed by atoms with E-state index >= 15 is 0 Å². The molecule has 3 N–H and O–H groups in total. The second kappa shape index (κ2) is 10.7. The van der Waals surface area contributed by atoms with Gasteiger partial charge in [-0.3, -0.25) is 9.59 Å². The molecule has 0 radical (unpaired) electrons. The van der Waals surface area contributed by atoms with E-state index in [0.29, 0.717) is 35.2 Å². The van der Waals surface area contributed by atoms with E-state index in [-0.39, 0.29) is 24.2 Å². The molecule has 8 heteroatoms. The van der Waals surface area contributed by atoms with E-state index < -0.39 is 0 Å². The number of carbonyl (C=O) groups excluding carboxylic acids is 2. The van der Waals surface area contributed by atoms with E-state index in [1.54, 1.807) is 29.5 Å². The quantitative estimate of drug-likeness (QED) is 0.623. The summed E-state index contributed by atoms with van der Waals surface area (Å²) < 4.78 is 0. The van der Waals surface area contributed by atoms with Crippen molar-refractivity contribution in [1.82, 2.24) is 10.6 Å². The normalized spacial score (nSPS) is 15.8. The zero-order valence-electron chi connectivity index (χ0n) is 14.8. The zero-order valence-corrected chi connectivity index (χ0v) is 17.2. The van der Waals surface area contributed by atoms with Gasteiger partial charge >= 0.3 is 0 Å². The molecule has 0 saturated carbocycles. The van der Waals surface area contributed by atoms with Crippen molar-refractivity contribution in [1.29, 1.82) is 0 Å². The third kappa shape index (κ3) is 6.50. The van der Waals surface area contributed by atoms with Gasteiger partial charge < -0.3 is 16.0 Å². The van der Waals surface area contributed by atoms with Crippen LogP contribution in [0.5, 0.6) is 0 Å². The van der Waals surface area contributed by atoms with E-state index in [2.05, 4.69) is 16.0 Å². The minimum absolute atomic E-state index is 0. The van der Waals surface area contributed by atoms with Crippen LogP contribution in [0.3, 0.4) is 0 Å². The fourth-order valence-electron chi connectivity index (χ4n) is 2.97. The third-order valence-electron chi connectivity index (χ3n) is 4.44. The van der Waals surface area contributed by atoms with Crippen LogP contribution >= 0.6 is 35.3 Å². The molecule has 0 bridgehead atoms. The minimum atomic E-state index is -0.253. The molecule has 1 saturated heterocycles. The van der Waals surface area contributed by atoms with Crippen LogP contribution in [0.25, 0.3) is 0 Å². The number of hydrogen-bond acceptors (Lipinski definition) is 4. The van der Waals surface area contributed by atoms with E-state index in [1.165, 1.54) is 0 Å². The predicted octanol–water partition coefficient (Wildman–Crippen LogP) is 4.08. The molecule has 2 heterocycles. The lowest BCUT2D eigenvalue weighted by Crippen LogP contribution is -2.23. The van der Waals surface area contributed by atoms with Crippen LogP contribution in [0.4, 0.5) is 5.69 Å². The van der Waals surface area contributed by atoms with Crippen LogP contribution in [-0.2, 0) is 11.3 Å². The highest BCUT2D eigenvalue weighted by molar-refractivity contribution is 7.09. The number of thiophene rings is 1. The van der Waals surface area contributed by atoms with Gasteiger partial charge in [0.05, 0.1) is 17.1 Å². The smallest absolute Gasteiger partial charge is 0.253 e. The Kier molecular flexibility index (Phi) is 8.57. The maximum Gasteiger partial charge on any atom is 0.253 e. The molecular weight excluding hydrogens is 405 g/mol. The summed E-state index contributed by atoms with van der Waals surface area (Å²) in [6.07, 6.45) is 2.48.